The summed E-state index contributed by atoms with van der Waals surface area (Å²) in [6.07, 6.45) is 0.438. The Hall–Kier alpha value is -2.65. The molecule has 108 valence electrons. The lowest BCUT2D eigenvalue weighted by atomic mass is 9.95. The van der Waals surface area contributed by atoms with E-state index in [9.17, 15) is 4.79 Å². The smallest absolute Gasteiger partial charge is 0.228 e. The molecule has 1 aliphatic heterocycles. The van der Waals surface area contributed by atoms with E-state index in [0.29, 0.717) is 6.42 Å². The van der Waals surface area contributed by atoms with Crippen molar-refractivity contribution < 1.29 is 4.79 Å². The number of hydrogen-bond donors (Lipinski definition) is 2. The van der Waals surface area contributed by atoms with Gasteiger partial charge < -0.3 is 11.1 Å². The summed E-state index contributed by atoms with van der Waals surface area (Å²) in [5.74, 6) is 0.0476. The van der Waals surface area contributed by atoms with Crippen LogP contribution in [0.1, 0.15) is 22.7 Å². The summed E-state index contributed by atoms with van der Waals surface area (Å²) in [6.45, 7) is 0. The van der Waals surface area contributed by atoms with E-state index in [0.717, 1.165) is 22.4 Å². The molecule has 3 N–H and O–H groups in total. The van der Waals surface area contributed by atoms with Gasteiger partial charge in [-0.15, -0.1) is 0 Å². The van der Waals surface area contributed by atoms with E-state index < -0.39 is 0 Å². The van der Waals surface area contributed by atoms with Crippen LogP contribution < -0.4 is 11.1 Å². The fraction of sp³-hybridized carbons (Fsp3) is 0.105. The highest BCUT2D eigenvalue weighted by molar-refractivity contribution is 5.99. The highest BCUT2D eigenvalue weighted by atomic mass is 16.1. The van der Waals surface area contributed by atoms with Crippen LogP contribution in [0.4, 0.5) is 5.69 Å². The molecule has 22 heavy (non-hydrogen) atoms. The van der Waals surface area contributed by atoms with Crippen LogP contribution in [-0.2, 0) is 11.2 Å². The summed E-state index contributed by atoms with van der Waals surface area (Å²) in [5, 5.41) is 5.25. The molecule has 0 aliphatic carbocycles. The third-order valence-corrected chi connectivity index (χ3v) is 4.25. The summed E-state index contributed by atoms with van der Waals surface area (Å²) in [5.41, 5.74) is 10.5. The van der Waals surface area contributed by atoms with Crippen LogP contribution in [0, 0.1) is 0 Å². The number of carbonyl (C=O) groups excluding carboxylic acids is 1. The Labute approximate surface area is 128 Å². The molecule has 3 aromatic rings. The predicted octanol–water partition coefficient (Wildman–Crippen LogP) is 3.38. The summed E-state index contributed by atoms with van der Waals surface area (Å²) in [4.78, 5) is 11.5. The van der Waals surface area contributed by atoms with Crippen molar-refractivity contribution in [2.24, 2.45) is 5.73 Å². The molecule has 0 saturated heterocycles. The molecule has 0 radical (unpaired) electrons. The van der Waals surface area contributed by atoms with Crippen molar-refractivity contribution in [2.45, 2.75) is 12.5 Å². The second kappa shape index (κ2) is 4.97. The SMILES string of the molecule is NC(c1ccc2c(c1)CC(=O)N2)c1ccc2ccccc2c1. The van der Waals surface area contributed by atoms with E-state index in [1.165, 1.54) is 10.8 Å². The largest absolute Gasteiger partial charge is 0.326 e. The van der Waals surface area contributed by atoms with Crippen molar-refractivity contribution in [3.05, 3.63) is 77.4 Å². The molecular formula is C19H16N2O. The van der Waals surface area contributed by atoms with Gasteiger partial charge in [0.25, 0.3) is 0 Å². The number of nitrogens with two attached hydrogens (primary N) is 1. The maximum Gasteiger partial charge on any atom is 0.228 e. The van der Waals surface area contributed by atoms with Gasteiger partial charge in [-0.05, 0) is 39.6 Å². The zero-order valence-electron chi connectivity index (χ0n) is 12.0. The fourth-order valence-electron chi connectivity index (χ4n) is 3.04. The Morgan fingerprint density at radius 3 is 2.50 bits per heavy atom. The molecule has 1 aliphatic rings. The first-order valence-electron chi connectivity index (χ1n) is 7.38. The summed E-state index contributed by atoms with van der Waals surface area (Å²) in [7, 11) is 0. The summed E-state index contributed by atoms with van der Waals surface area (Å²) < 4.78 is 0. The van der Waals surface area contributed by atoms with E-state index in [-0.39, 0.29) is 11.9 Å². The number of nitrogens with one attached hydrogen (secondary N) is 1. The third kappa shape index (κ3) is 2.16. The first-order valence-corrected chi connectivity index (χ1v) is 7.38. The van der Waals surface area contributed by atoms with Crippen LogP contribution in [0.25, 0.3) is 10.8 Å². The van der Waals surface area contributed by atoms with Gasteiger partial charge in [0, 0.05) is 5.69 Å². The normalized spacial score (nSPS) is 14.7. The maximum absolute atomic E-state index is 11.5. The van der Waals surface area contributed by atoms with Crippen LogP contribution in [0.15, 0.2) is 60.7 Å². The second-order valence-electron chi connectivity index (χ2n) is 5.73. The molecule has 0 spiro atoms. The second-order valence-corrected chi connectivity index (χ2v) is 5.73. The Balaban J connectivity index is 1.72. The highest BCUT2D eigenvalue weighted by Gasteiger charge is 2.19. The van der Waals surface area contributed by atoms with Gasteiger partial charge in [-0.2, -0.15) is 0 Å². The lowest BCUT2D eigenvalue weighted by molar-refractivity contribution is -0.115. The summed E-state index contributed by atoms with van der Waals surface area (Å²) >= 11 is 0. The lowest BCUT2D eigenvalue weighted by Gasteiger charge is -2.14. The maximum atomic E-state index is 11.5. The minimum atomic E-state index is -0.189. The van der Waals surface area contributed by atoms with Crippen molar-refractivity contribution in [1.82, 2.24) is 0 Å². The molecule has 3 heteroatoms. The number of hydrogen-bond acceptors (Lipinski definition) is 2. The number of benzene rings is 3. The molecule has 1 amide bonds. The fourth-order valence-corrected chi connectivity index (χ4v) is 3.04. The molecule has 0 fully saturated rings. The van der Waals surface area contributed by atoms with Crippen LogP contribution >= 0.6 is 0 Å². The Kier molecular flexibility index (Phi) is 2.94. The number of anilines is 1. The summed E-state index contributed by atoms with van der Waals surface area (Å²) in [6, 6.07) is 20.3. The van der Waals surface area contributed by atoms with Crippen LogP contribution in [0.2, 0.25) is 0 Å². The highest BCUT2D eigenvalue weighted by Crippen LogP contribution is 2.29. The quantitative estimate of drug-likeness (QED) is 0.759. The first-order chi connectivity index (χ1) is 10.7. The van der Waals surface area contributed by atoms with Gasteiger partial charge in [0.2, 0.25) is 5.91 Å². The van der Waals surface area contributed by atoms with Crippen molar-refractivity contribution in [3.63, 3.8) is 0 Å². The number of amides is 1. The molecule has 1 heterocycles. The minimum Gasteiger partial charge on any atom is -0.326 e. The van der Waals surface area contributed by atoms with Gasteiger partial charge >= 0.3 is 0 Å². The van der Waals surface area contributed by atoms with Crippen LogP contribution in [-0.4, -0.2) is 5.91 Å². The van der Waals surface area contributed by atoms with Crippen molar-refractivity contribution >= 4 is 22.4 Å². The Morgan fingerprint density at radius 2 is 1.64 bits per heavy atom. The molecule has 1 atom stereocenters. The number of rotatable bonds is 2. The first kappa shape index (κ1) is 13.0. The Morgan fingerprint density at radius 1 is 0.909 bits per heavy atom. The van der Waals surface area contributed by atoms with E-state index >= 15 is 0 Å². The van der Waals surface area contributed by atoms with Crippen LogP contribution in [0.3, 0.4) is 0 Å². The molecule has 3 nitrogen and oxygen atoms in total. The number of carbonyl (C=O) groups is 1. The lowest BCUT2D eigenvalue weighted by Crippen LogP contribution is -2.12. The van der Waals surface area contributed by atoms with Gasteiger partial charge in [-0.25, -0.2) is 0 Å². The van der Waals surface area contributed by atoms with Gasteiger partial charge in [-0.1, -0.05) is 48.5 Å². The van der Waals surface area contributed by atoms with Gasteiger partial charge in [0.05, 0.1) is 12.5 Å². The topological polar surface area (TPSA) is 55.1 Å². The van der Waals surface area contributed by atoms with E-state index in [4.69, 9.17) is 5.73 Å². The number of fused-ring (bicyclic) bond motifs is 2. The molecular weight excluding hydrogens is 272 g/mol. The van der Waals surface area contributed by atoms with Crippen molar-refractivity contribution in [2.75, 3.05) is 5.32 Å². The average molecular weight is 288 g/mol. The van der Waals surface area contributed by atoms with E-state index in [1.807, 2.05) is 30.3 Å². The predicted molar refractivity (Wildman–Crippen MR) is 88.8 cm³/mol. The van der Waals surface area contributed by atoms with Gasteiger partial charge in [0.15, 0.2) is 0 Å². The molecule has 0 aromatic heterocycles. The third-order valence-electron chi connectivity index (χ3n) is 4.25. The van der Waals surface area contributed by atoms with E-state index in [2.05, 4.69) is 35.6 Å². The molecule has 4 rings (SSSR count). The van der Waals surface area contributed by atoms with Crippen LogP contribution in [0.5, 0.6) is 0 Å². The van der Waals surface area contributed by atoms with Gasteiger partial charge in [-0.3, -0.25) is 4.79 Å². The molecule has 0 bridgehead atoms. The standard InChI is InChI=1S/C19H16N2O/c20-19(14-6-5-12-3-1-2-4-13(12)9-14)15-7-8-17-16(10-15)11-18(22)21-17/h1-10,19H,11,20H2,(H,21,22). The molecule has 3 aromatic carbocycles. The minimum absolute atomic E-state index is 0.0476. The van der Waals surface area contributed by atoms with Gasteiger partial charge in [0.1, 0.15) is 0 Å². The van der Waals surface area contributed by atoms with E-state index in [1.54, 1.807) is 0 Å². The van der Waals surface area contributed by atoms with Crippen molar-refractivity contribution in [3.8, 4) is 0 Å². The average Bonchev–Trinajstić information content (AvgIpc) is 2.92. The zero-order valence-corrected chi connectivity index (χ0v) is 12.0. The zero-order chi connectivity index (χ0) is 15.1. The molecule has 0 saturated carbocycles. The van der Waals surface area contributed by atoms with Crippen molar-refractivity contribution in [1.29, 1.82) is 0 Å². The molecule has 1 unspecified atom stereocenters. The Bertz CT molecular complexity index is 885. The monoisotopic (exact) mass is 288 g/mol.